The molecule has 0 amide bonds. The van der Waals surface area contributed by atoms with Crippen LogP contribution in [0.15, 0.2) is 54.6 Å². The Morgan fingerprint density at radius 3 is 1.87 bits per heavy atom. The lowest BCUT2D eigenvalue weighted by Crippen LogP contribution is -2.49. The van der Waals surface area contributed by atoms with E-state index in [-0.39, 0.29) is 0 Å². The molecule has 0 unspecified atom stereocenters. The van der Waals surface area contributed by atoms with Crippen molar-refractivity contribution >= 4 is 5.69 Å². The van der Waals surface area contributed by atoms with E-state index >= 15 is 0 Å². The molecule has 0 radical (unpaired) electrons. The fourth-order valence-electron chi connectivity index (χ4n) is 4.74. The van der Waals surface area contributed by atoms with Gasteiger partial charge in [0.1, 0.15) is 0 Å². The monoisotopic (exact) mass is 431 g/mol. The molecular weight excluding hydrogens is 399 g/mol. The molecule has 0 aromatic heterocycles. The lowest BCUT2D eigenvalue weighted by atomic mass is 9.90. The molecule has 31 heavy (non-hydrogen) atoms. The van der Waals surface area contributed by atoms with E-state index in [1.54, 1.807) is 12.1 Å². The Bertz CT molecular complexity index is 791. The minimum absolute atomic E-state index is 0.581. The van der Waals surface area contributed by atoms with Crippen LogP contribution in [-0.2, 0) is 12.6 Å². The zero-order valence-corrected chi connectivity index (χ0v) is 18.0. The number of likely N-dealkylation sites (tertiary alicyclic amines) is 1. The zero-order valence-electron chi connectivity index (χ0n) is 18.0. The summed E-state index contributed by atoms with van der Waals surface area (Å²) >= 11 is 0. The number of anilines is 1. The summed E-state index contributed by atoms with van der Waals surface area (Å²) in [6, 6.07) is 16.4. The number of rotatable bonds is 6. The third-order valence-electron chi connectivity index (χ3n) is 6.74. The van der Waals surface area contributed by atoms with Crippen LogP contribution >= 0.6 is 0 Å². The molecule has 3 nitrogen and oxygen atoms in total. The number of piperidine rings is 1. The van der Waals surface area contributed by atoms with Crippen molar-refractivity contribution in [1.82, 2.24) is 9.80 Å². The summed E-state index contributed by atoms with van der Waals surface area (Å²) in [6.45, 7) is 8.21. The van der Waals surface area contributed by atoms with Crippen LogP contribution in [0.4, 0.5) is 18.9 Å². The topological polar surface area (TPSA) is 9.72 Å². The second-order valence-electron chi connectivity index (χ2n) is 8.85. The predicted molar refractivity (Wildman–Crippen MR) is 119 cm³/mol. The van der Waals surface area contributed by atoms with Crippen molar-refractivity contribution in [3.8, 4) is 0 Å². The van der Waals surface area contributed by atoms with Gasteiger partial charge in [0.2, 0.25) is 0 Å². The molecule has 0 saturated carbocycles. The molecule has 0 spiro atoms. The Kier molecular flexibility index (Phi) is 7.18. The van der Waals surface area contributed by atoms with Gasteiger partial charge in [-0.05, 0) is 68.1 Å². The van der Waals surface area contributed by atoms with Crippen LogP contribution in [0.5, 0.6) is 0 Å². The van der Waals surface area contributed by atoms with Gasteiger partial charge in [0, 0.05) is 45.0 Å². The third-order valence-corrected chi connectivity index (χ3v) is 6.74. The molecule has 2 aliphatic rings. The summed E-state index contributed by atoms with van der Waals surface area (Å²) in [5.74, 6) is 0.797. The van der Waals surface area contributed by atoms with Crippen molar-refractivity contribution in [2.75, 3.05) is 57.3 Å². The SMILES string of the molecule is FC(F)(F)c1ccc(N2CCN(CCN3CCC(Cc4ccccc4)CC3)CC2)cc1. The lowest BCUT2D eigenvalue weighted by Gasteiger charge is -2.38. The fraction of sp³-hybridized carbons (Fsp3) is 0.520. The van der Waals surface area contributed by atoms with E-state index in [2.05, 4.69) is 45.0 Å². The van der Waals surface area contributed by atoms with Crippen molar-refractivity contribution < 1.29 is 13.2 Å². The number of hydrogen-bond donors (Lipinski definition) is 0. The van der Waals surface area contributed by atoms with Crippen LogP contribution in [0.1, 0.15) is 24.0 Å². The Labute approximate surface area is 183 Å². The van der Waals surface area contributed by atoms with Crippen LogP contribution < -0.4 is 4.90 Å². The molecule has 4 rings (SSSR count). The first-order valence-electron chi connectivity index (χ1n) is 11.4. The first kappa shape index (κ1) is 22.2. The molecule has 0 aliphatic carbocycles. The molecule has 2 saturated heterocycles. The van der Waals surface area contributed by atoms with Gasteiger partial charge in [-0.2, -0.15) is 13.2 Å². The van der Waals surface area contributed by atoms with E-state index in [1.165, 1.54) is 50.0 Å². The lowest BCUT2D eigenvalue weighted by molar-refractivity contribution is -0.137. The molecule has 6 heteroatoms. The molecule has 0 N–H and O–H groups in total. The standard InChI is InChI=1S/C25H32F3N3/c26-25(27,28)23-6-8-24(9-7-23)31-18-16-30(17-19-31)15-14-29-12-10-22(11-13-29)20-21-4-2-1-3-5-21/h1-9,22H,10-20H2. The van der Waals surface area contributed by atoms with Gasteiger partial charge in [-0.3, -0.25) is 4.90 Å². The van der Waals surface area contributed by atoms with Crippen LogP contribution in [0, 0.1) is 5.92 Å². The maximum atomic E-state index is 12.7. The van der Waals surface area contributed by atoms with E-state index in [1.807, 2.05) is 0 Å². The summed E-state index contributed by atoms with van der Waals surface area (Å²) in [7, 11) is 0. The molecular formula is C25H32F3N3. The third kappa shape index (κ3) is 6.23. The quantitative estimate of drug-likeness (QED) is 0.652. The highest BCUT2D eigenvalue weighted by atomic mass is 19.4. The summed E-state index contributed by atoms with van der Waals surface area (Å²) in [5, 5.41) is 0. The Balaban J connectivity index is 1.15. The van der Waals surface area contributed by atoms with E-state index < -0.39 is 11.7 Å². The van der Waals surface area contributed by atoms with Crippen molar-refractivity contribution in [2.24, 2.45) is 5.92 Å². The Morgan fingerprint density at radius 1 is 0.710 bits per heavy atom. The average molecular weight is 432 g/mol. The molecule has 2 aromatic rings. The number of nitrogens with zero attached hydrogens (tertiary/aromatic N) is 3. The molecule has 168 valence electrons. The van der Waals surface area contributed by atoms with Crippen LogP contribution in [0.3, 0.4) is 0 Å². The first-order chi connectivity index (χ1) is 15.0. The van der Waals surface area contributed by atoms with Gasteiger partial charge in [0.05, 0.1) is 5.56 Å². The van der Waals surface area contributed by atoms with E-state index in [0.717, 1.165) is 50.9 Å². The van der Waals surface area contributed by atoms with Gasteiger partial charge >= 0.3 is 6.18 Å². The Hall–Kier alpha value is -2.05. The van der Waals surface area contributed by atoms with Crippen molar-refractivity contribution in [3.63, 3.8) is 0 Å². The summed E-state index contributed by atoms with van der Waals surface area (Å²) < 4.78 is 38.2. The van der Waals surface area contributed by atoms with Gasteiger partial charge in [-0.1, -0.05) is 30.3 Å². The number of alkyl halides is 3. The summed E-state index contributed by atoms with van der Waals surface area (Å²) in [5.41, 5.74) is 1.75. The largest absolute Gasteiger partial charge is 0.416 e. The highest BCUT2D eigenvalue weighted by molar-refractivity contribution is 5.48. The number of hydrogen-bond acceptors (Lipinski definition) is 3. The molecule has 2 heterocycles. The average Bonchev–Trinajstić information content (AvgIpc) is 2.79. The van der Waals surface area contributed by atoms with Crippen molar-refractivity contribution in [1.29, 1.82) is 0 Å². The molecule has 2 aliphatic heterocycles. The molecule has 0 atom stereocenters. The van der Waals surface area contributed by atoms with Gasteiger partial charge < -0.3 is 9.80 Å². The predicted octanol–water partition coefficient (Wildman–Crippen LogP) is 4.78. The minimum atomic E-state index is -4.27. The second-order valence-corrected chi connectivity index (χ2v) is 8.85. The molecule has 2 aromatic carbocycles. The van der Waals surface area contributed by atoms with Crippen molar-refractivity contribution in [2.45, 2.75) is 25.4 Å². The second kappa shape index (κ2) is 10.0. The summed E-state index contributed by atoms with van der Waals surface area (Å²) in [6.07, 6.45) is -0.527. The fourth-order valence-corrected chi connectivity index (χ4v) is 4.74. The molecule has 0 bridgehead atoms. The van der Waals surface area contributed by atoms with Crippen LogP contribution in [0.2, 0.25) is 0 Å². The maximum Gasteiger partial charge on any atom is 0.416 e. The highest BCUT2D eigenvalue weighted by Gasteiger charge is 2.30. The van der Waals surface area contributed by atoms with Crippen molar-refractivity contribution in [3.05, 3.63) is 65.7 Å². The first-order valence-corrected chi connectivity index (χ1v) is 11.4. The van der Waals surface area contributed by atoms with Crippen LogP contribution in [-0.4, -0.2) is 62.2 Å². The smallest absolute Gasteiger partial charge is 0.369 e. The Morgan fingerprint density at radius 2 is 1.29 bits per heavy atom. The van der Waals surface area contributed by atoms with E-state index in [4.69, 9.17) is 0 Å². The van der Waals surface area contributed by atoms with Gasteiger partial charge in [0.15, 0.2) is 0 Å². The molecule has 2 fully saturated rings. The normalized spacial score (nSPS) is 19.6. The summed E-state index contributed by atoms with van der Waals surface area (Å²) in [4.78, 5) is 7.26. The van der Waals surface area contributed by atoms with Crippen LogP contribution in [0.25, 0.3) is 0 Å². The minimum Gasteiger partial charge on any atom is -0.369 e. The number of halogens is 3. The number of piperazine rings is 1. The highest BCUT2D eigenvalue weighted by Crippen LogP contribution is 2.30. The van der Waals surface area contributed by atoms with Gasteiger partial charge in [0.25, 0.3) is 0 Å². The van der Waals surface area contributed by atoms with E-state index in [0.29, 0.717) is 0 Å². The maximum absolute atomic E-state index is 12.7. The number of benzene rings is 2. The van der Waals surface area contributed by atoms with Gasteiger partial charge in [-0.25, -0.2) is 0 Å². The zero-order chi connectivity index (χ0) is 21.7. The van der Waals surface area contributed by atoms with Gasteiger partial charge in [-0.15, -0.1) is 0 Å². The van der Waals surface area contributed by atoms with E-state index in [9.17, 15) is 13.2 Å².